The molecule has 0 radical (unpaired) electrons. The van der Waals surface area contributed by atoms with E-state index in [2.05, 4.69) is 4.98 Å². The molecule has 2 rings (SSSR count). The zero-order chi connectivity index (χ0) is 15.8. The first-order chi connectivity index (χ1) is 9.83. The molecule has 0 aromatic carbocycles. The summed E-state index contributed by atoms with van der Waals surface area (Å²) < 4.78 is 6.22. The Labute approximate surface area is 125 Å². The van der Waals surface area contributed by atoms with Gasteiger partial charge < -0.3 is 9.84 Å². The van der Waals surface area contributed by atoms with Crippen LogP contribution in [0.4, 0.5) is 0 Å². The van der Waals surface area contributed by atoms with Crippen LogP contribution in [0.25, 0.3) is 0 Å². The van der Waals surface area contributed by atoms with Crippen LogP contribution in [0.3, 0.4) is 0 Å². The Morgan fingerprint density at radius 2 is 2.29 bits per heavy atom. The summed E-state index contributed by atoms with van der Waals surface area (Å²) >= 11 is 1.33. The summed E-state index contributed by atoms with van der Waals surface area (Å²) in [6, 6.07) is 0. The second-order valence-corrected chi connectivity index (χ2v) is 6.74. The molecule has 1 saturated heterocycles. The minimum Gasteiger partial charge on any atom is -0.469 e. The van der Waals surface area contributed by atoms with E-state index in [4.69, 9.17) is 4.74 Å². The number of esters is 1. The zero-order valence-corrected chi connectivity index (χ0v) is 12.9. The highest BCUT2D eigenvalue weighted by Crippen LogP contribution is 2.52. The first-order valence-corrected chi connectivity index (χ1v) is 7.44. The fraction of sp³-hybridized carbons (Fsp3) is 0.615. The summed E-state index contributed by atoms with van der Waals surface area (Å²) in [6.45, 7) is 3.14. The number of hydrogen-bond donors (Lipinski definition) is 2. The van der Waals surface area contributed by atoms with Gasteiger partial charge in [-0.1, -0.05) is 0 Å². The zero-order valence-electron chi connectivity index (χ0n) is 12.1. The molecular formula is C13H18N2O5S. The third-order valence-corrected chi connectivity index (χ3v) is 5.61. The number of nitrogens with one attached hydrogen (secondary N) is 1. The molecule has 0 spiro atoms. The number of rotatable bonds is 3. The van der Waals surface area contributed by atoms with Crippen LogP contribution in [0.15, 0.2) is 15.8 Å². The average Bonchev–Trinajstić information content (AvgIpc) is 2.80. The molecule has 2 heterocycles. The smallest absolute Gasteiger partial charge is 0.329 e. The number of H-pyrrole nitrogens is 1. The maximum absolute atomic E-state index is 12.0. The molecule has 1 aliphatic rings. The number of hydrogen-bond acceptors (Lipinski definition) is 6. The molecule has 1 aliphatic heterocycles. The molecule has 2 N–H and O–H groups in total. The lowest BCUT2D eigenvalue weighted by Crippen LogP contribution is -2.38. The number of aromatic amines is 1. The van der Waals surface area contributed by atoms with E-state index in [1.807, 2.05) is 0 Å². The Bertz CT molecular complexity index is 667. The third-order valence-electron chi connectivity index (χ3n) is 3.90. The summed E-state index contributed by atoms with van der Waals surface area (Å²) in [4.78, 5) is 37.6. The van der Waals surface area contributed by atoms with E-state index in [1.54, 1.807) is 13.8 Å². The number of aliphatic hydroxyl groups is 1. The Hall–Kier alpha value is -1.54. The fourth-order valence-electron chi connectivity index (χ4n) is 2.54. The van der Waals surface area contributed by atoms with Crippen LogP contribution in [0, 0.1) is 12.3 Å². The molecule has 1 fully saturated rings. The Morgan fingerprint density at radius 1 is 1.62 bits per heavy atom. The predicted molar refractivity (Wildman–Crippen MR) is 78.3 cm³/mol. The number of ether oxygens (including phenoxy) is 1. The number of carbonyl (C=O) groups excluding carboxylic acids is 1. The molecule has 0 aliphatic carbocycles. The number of aromatic nitrogens is 2. The highest BCUT2D eigenvalue weighted by Gasteiger charge is 2.51. The second-order valence-electron chi connectivity index (χ2n) is 5.35. The number of nitrogens with zero attached hydrogens (tertiary/aromatic N) is 1. The molecule has 0 bridgehead atoms. The summed E-state index contributed by atoms with van der Waals surface area (Å²) in [6.07, 6.45) is 1.83. The van der Waals surface area contributed by atoms with Crippen molar-refractivity contribution in [2.24, 2.45) is 5.41 Å². The summed E-state index contributed by atoms with van der Waals surface area (Å²) in [7, 11) is 1.30. The number of aryl methyl sites for hydroxylation is 1. The number of aliphatic hydroxyl groups excluding tert-OH is 1. The molecule has 0 amide bonds. The van der Waals surface area contributed by atoms with Gasteiger partial charge in [-0.05, 0) is 20.3 Å². The van der Waals surface area contributed by atoms with Crippen LogP contribution < -0.4 is 11.2 Å². The number of thioether (sulfide) groups is 1. The van der Waals surface area contributed by atoms with Crippen LogP contribution in [0.5, 0.6) is 0 Å². The van der Waals surface area contributed by atoms with Crippen molar-refractivity contribution in [3.05, 3.63) is 32.6 Å². The Balaban J connectivity index is 2.41. The SMILES string of the molecule is COC(=O)C1(C)CC(n2cc(C)c(=O)[nH]c2=O)SC1CO. The molecule has 3 unspecified atom stereocenters. The molecule has 8 heteroatoms. The average molecular weight is 314 g/mol. The van der Waals surface area contributed by atoms with Gasteiger partial charge in [0.15, 0.2) is 0 Å². The molecule has 7 nitrogen and oxygen atoms in total. The fourth-order valence-corrected chi connectivity index (χ4v) is 4.23. The maximum atomic E-state index is 12.0. The van der Waals surface area contributed by atoms with Gasteiger partial charge in [-0.3, -0.25) is 19.1 Å². The molecular weight excluding hydrogens is 296 g/mol. The van der Waals surface area contributed by atoms with Crippen LogP contribution in [0.2, 0.25) is 0 Å². The van der Waals surface area contributed by atoms with Gasteiger partial charge in [0.1, 0.15) is 0 Å². The van der Waals surface area contributed by atoms with E-state index in [0.29, 0.717) is 12.0 Å². The summed E-state index contributed by atoms with van der Waals surface area (Å²) in [5, 5.41) is 8.80. The minimum absolute atomic E-state index is 0.191. The standard InChI is InChI=1S/C13H18N2O5S/c1-7-5-15(12(19)14-10(7)17)9-4-13(2,11(18)20-3)8(6-16)21-9/h5,8-9,16H,4,6H2,1-3H3,(H,14,17,19). The maximum Gasteiger partial charge on any atom is 0.329 e. The largest absolute Gasteiger partial charge is 0.469 e. The van der Waals surface area contributed by atoms with Crippen LogP contribution in [-0.2, 0) is 9.53 Å². The van der Waals surface area contributed by atoms with Gasteiger partial charge in [0.05, 0.1) is 24.5 Å². The van der Waals surface area contributed by atoms with E-state index in [0.717, 1.165) is 0 Å². The number of carbonyl (C=O) groups is 1. The van der Waals surface area contributed by atoms with Crippen molar-refractivity contribution in [3.8, 4) is 0 Å². The van der Waals surface area contributed by atoms with E-state index < -0.39 is 22.6 Å². The van der Waals surface area contributed by atoms with Gasteiger partial charge in [0.2, 0.25) is 0 Å². The third kappa shape index (κ3) is 2.65. The molecule has 3 atom stereocenters. The van der Waals surface area contributed by atoms with Crippen molar-refractivity contribution in [2.45, 2.75) is 30.9 Å². The van der Waals surface area contributed by atoms with Crippen molar-refractivity contribution in [1.82, 2.24) is 9.55 Å². The van der Waals surface area contributed by atoms with E-state index in [-0.39, 0.29) is 17.2 Å². The molecule has 1 aromatic heterocycles. The van der Waals surface area contributed by atoms with Crippen LogP contribution >= 0.6 is 11.8 Å². The van der Waals surface area contributed by atoms with E-state index >= 15 is 0 Å². The highest BCUT2D eigenvalue weighted by atomic mass is 32.2. The Morgan fingerprint density at radius 3 is 2.86 bits per heavy atom. The van der Waals surface area contributed by atoms with Gasteiger partial charge in [-0.2, -0.15) is 0 Å². The first kappa shape index (κ1) is 15.8. The van der Waals surface area contributed by atoms with Crippen molar-refractivity contribution < 1.29 is 14.6 Å². The van der Waals surface area contributed by atoms with Gasteiger partial charge >= 0.3 is 11.7 Å². The molecule has 0 saturated carbocycles. The van der Waals surface area contributed by atoms with Gasteiger partial charge in [0, 0.05) is 17.0 Å². The lowest BCUT2D eigenvalue weighted by molar-refractivity contribution is -0.152. The number of methoxy groups -OCH3 is 1. The summed E-state index contributed by atoms with van der Waals surface area (Å²) in [5.74, 6) is -0.411. The van der Waals surface area contributed by atoms with E-state index in [1.165, 1.54) is 29.6 Å². The first-order valence-electron chi connectivity index (χ1n) is 6.50. The molecule has 21 heavy (non-hydrogen) atoms. The van der Waals surface area contributed by atoms with Crippen molar-refractivity contribution in [3.63, 3.8) is 0 Å². The quantitative estimate of drug-likeness (QED) is 0.763. The molecule has 116 valence electrons. The van der Waals surface area contributed by atoms with Crippen molar-refractivity contribution >= 4 is 17.7 Å². The topological polar surface area (TPSA) is 101 Å². The monoisotopic (exact) mass is 314 g/mol. The minimum atomic E-state index is -0.873. The second kappa shape index (κ2) is 5.69. The van der Waals surface area contributed by atoms with Gasteiger partial charge in [-0.15, -0.1) is 11.8 Å². The van der Waals surface area contributed by atoms with Crippen LogP contribution in [0.1, 0.15) is 24.3 Å². The highest BCUT2D eigenvalue weighted by molar-refractivity contribution is 8.00. The van der Waals surface area contributed by atoms with Crippen molar-refractivity contribution in [2.75, 3.05) is 13.7 Å². The lowest BCUT2D eigenvalue weighted by Gasteiger charge is -2.25. The van der Waals surface area contributed by atoms with Gasteiger partial charge in [0.25, 0.3) is 5.56 Å². The van der Waals surface area contributed by atoms with E-state index in [9.17, 15) is 19.5 Å². The molecule has 1 aromatic rings. The van der Waals surface area contributed by atoms with Crippen LogP contribution in [-0.4, -0.2) is 39.6 Å². The van der Waals surface area contributed by atoms with Crippen molar-refractivity contribution in [1.29, 1.82) is 0 Å². The lowest BCUT2D eigenvalue weighted by atomic mass is 9.83. The predicted octanol–water partition coefficient (Wildman–Crippen LogP) is 0.0207. The Kier molecular flexibility index (Phi) is 4.29. The normalized spacial score (nSPS) is 28.6. The van der Waals surface area contributed by atoms with Gasteiger partial charge in [-0.25, -0.2) is 4.79 Å². The summed E-state index contributed by atoms with van der Waals surface area (Å²) in [5.41, 5.74) is -1.40.